The number of hydrogen-bond acceptors (Lipinski definition) is 10. The maximum Gasteiger partial charge on any atom is 0.335 e. The van der Waals surface area contributed by atoms with Crippen molar-refractivity contribution in [2.45, 2.75) is 114 Å². The Labute approximate surface area is 260 Å². The molecule has 3 N–H and O–H groups in total. The lowest BCUT2D eigenvalue weighted by Crippen LogP contribution is -2.65. The standard InChI is InChI=1S/C29H46BrN5O5Si2/c1-17(2)41(18(3)4)37-16-23-22(39-42(40-41,19(5)6)20(7)8)14-24(38-23)35-26-25(32-28(35)30)27(34-29(31)33-26)36-15-21-12-10-9-11-13-21/h9-13,17-20,22-24,28,32H,14-16H2,1-8H3,(H2,31,33,34)/t22?,23-,24-,28?/m1/s1. The zero-order valence-electron chi connectivity index (χ0n) is 26.0. The molecule has 0 spiro atoms. The molecule has 42 heavy (non-hydrogen) atoms. The minimum absolute atomic E-state index is 0.137. The molecule has 13 heteroatoms. The minimum atomic E-state index is -2.74. The summed E-state index contributed by atoms with van der Waals surface area (Å²) in [5.74, 6) is 1.17. The smallest absolute Gasteiger partial charge is 0.335 e. The van der Waals surface area contributed by atoms with Crippen LogP contribution >= 0.6 is 15.9 Å². The van der Waals surface area contributed by atoms with Crippen LogP contribution in [0.5, 0.6) is 5.88 Å². The zero-order chi connectivity index (χ0) is 30.4. The number of alkyl halides is 1. The van der Waals surface area contributed by atoms with E-state index in [2.05, 4.69) is 91.5 Å². The van der Waals surface area contributed by atoms with Crippen molar-refractivity contribution in [2.24, 2.45) is 0 Å². The lowest BCUT2D eigenvalue weighted by atomic mass is 10.2. The Kier molecular flexibility index (Phi) is 9.30. The summed E-state index contributed by atoms with van der Waals surface area (Å²) in [5, 5.41) is 3.13. The van der Waals surface area contributed by atoms with E-state index in [-0.39, 0.29) is 51.6 Å². The highest BCUT2D eigenvalue weighted by Crippen LogP contribution is 2.49. The fourth-order valence-electron chi connectivity index (χ4n) is 6.47. The van der Waals surface area contributed by atoms with E-state index >= 15 is 0 Å². The molecule has 0 saturated carbocycles. The number of benzene rings is 1. The first-order valence-corrected chi connectivity index (χ1v) is 19.9. The minimum Gasteiger partial charge on any atom is -0.471 e. The van der Waals surface area contributed by atoms with Gasteiger partial charge in [0.15, 0.2) is 10.9 Å². The highest BCUT2D eigenvalue weighted by atomic mass is 79.9. The molecule has 4 heterocycles. The molecule has 5 rings (SSSR count). The maximum atomic E-state index is 7.34. The Morgan fingerprint density at radius 1 is 0.976 bits per heavy atom. The van der Waals surface area contributed by atoms with Crippen LogP contribution in [0.2, 0.25) is 22.2 Å². The van der Waals surface area contributed by atoms with Crippen molar-refractivity contribution >= 4 is 50.5 Å². The topological polar surface area (TPSA) is 113 Å². The van der Waals surface area contributed by atoms with Gasteiger partial charge in [-0.25, -0.2) is 0 Å². The van der Waals surface area contributed by atoms with Crippen molar-refractivity contribution in [3.05, 3.63) is 35.9 Å². The summed E-state index contributed by atoms with van der Waals surface area (Å²) in [6.07, 6.45) is -0.105. The number of halogens is 1. The number of hydrogen-bond donors (Lipinski definition) is 2. The molecule has 2 saturated heterocycles. The highest BCUT2D eigenvalue weighted by Gasteiger charge is 2.60. The number of fused-ring (bicyclic) bond motifs is 2. The number of nitrogens with two attached hydrogens (primary N) is 1. The lowest BCUT2D eigenvalue weighted by Gasteiger charge is -2.51. The average Bonchev–Trinajstić information content (AvgIpc) is 3.46. The molecule has 0 amide bonds. The summed E-state index contributed by atoms with van der Waals surface area (Å²) in [5.41, 5.74) is 8.94. The van der Waals surface area contributed by atoms with Gasteiger partial charge in [-0.05, 0) is 43.7 Å². The molecule has 10 nitrogen and oxygen atoms in total. The van der Waals surface area contributed by atoms with Gasteiger partial charge < -0.3 is 33.5 Å². The molecule has 2 unspecified atom stereocenters. The van der Waals surface area contributed by atoms with Gasteiger partial charge in [-0.15, -0.1) is 0 Å². The van der Waals surface area contributed by atoms with Crippen LogP contribution in [0.15, 0.2) is 30.3 Å². The van der Waals surface area contributed by atoms with E-state index < -0.39 is 17.1 Å². The Balaban J connectivity index is 1.44. The normalized spacial score (nSPS) is 26.7. The highest BCUT2D eigenvalue weighted by molar-refractivity contribution is 9.09. The Morgan fingerprint density at radius 2 is 1.62 bits per heavy atom. The molecule has 3 aliphatic heterocycles. The first kappa shape index (κ1) is 31.7. The third kappa shape index (κ3) is 5.73. The van der Waals surface area contributed by atoms with E-state index in [1.54, 1.807) is 0 Å². The van der Waals surface area contributed by atoms with Gasteiger partial charge in [-0.2, -0.15) is 9.97 Å². The van der Waals surface area contributed by atoms with E-state index in [9.17, 15) is 0 Å². The molecule has 0 radical (unpaired) electrons. The predicted octanol–water partition coefficient (Wildman–Crippen LogP) is 6.62. The molecule has 2 aromatic rings. The second kappa shape index (κ2) is 12.3. The van der Waals surface area contributed by atoms with Crippen molar-refractivity contribution in [2.75, 3.05) is 22.6 Å². The summed E-state index contributed by atoms with van der Waals surface area (Å²) in [7, 11) is -5.39. The molecule has 3 aliphatic rings. The van der Waals surface area contributed by atoms with Crippen molar-refractivity contribution in [3.8, 4) is 5.88 Å². The Hall–Kier alpha value is -1.75. The molecular formula is C29H46BrN5O5Si2. The van der Waals surface area contributed by atoms with Gasteiger partial charge in [0, 0.05) is 6.42 Å². The summed E-state index contributed by atoms with van der Waals surface area (Å²) in [6.45, 7) is 18.7. The first-order chi connectivity index (χ1) is 19.9. The molecule has 0 aliphatic carbocycles. The molecule has 4 atom stereocenters. The summed E-state index contributed by atoms with van der Waals surface area (Å²) in [4.78, 5) is 11.1. The van der Waals surface area contributed by atoms with Gasteiger partial charge in [0.25, 0.3) is 0 Å². The van der Waals surface area contributed by atoms with Crippen molar-refractivity contribution in [1.29, 1.82) is 0 Å². The molecular weight excluding hydrogens is 634 g/mol. The first-order valence-electron chi connectivity index (χ1n) is 15.1. The van der Waals surface area contributed by atoms with Gasteiger partial charge >= 0.3 is 17.1 Å². The molecule has 1 aromatic heterocycles. The third-order valence-corrected chi connectivity index (χ3v) is 19.6. The fraction of sp³-hybridized carbons (Fsp3) is 0.655. The van der Waals surface area contributed by atoms with Crippen LogP contribution in [0, 0.1) is 0 Å². The molecule has 2 fully saturated rings. The molecule has 0 bridgehead atoms. The van der Waals surface area contributed by atoms with Crippen LogP contribution in [-0.4, -0.2) is 57.2 Å². The van der Waals surface area contributed by atoms with Crippen LogP contribution in [0.1, 0.15) is 67.4 Å². The largest absolute Gasteiger partial charge is 0.471 e. The lowest BCUT2D eigenvalue weighted by molar-refractivity contribution is -0.0382. The van der Waals surface area contributed by atoms with E-state index in [1.165, 1.54) is 0 Å². The summed E-state index contributed by atoms with van der Waals surface area (Å²) >= 11 is 3.80. The number of nitrogen functional groups attached to an aromatic ring is 1. The van der Waals surface area contributed by atoms with E-state index in [4.69, 9.17) is 28.2 Å². The van der Waals surface area contributed by atoms with Crippen LogP contribution in [0.3, 0.4) is 0 Å². The number of aromatic nitrogens is 2. The van der Waals surface area contributed by atoms with E-state index in [0.717, 1.165) is 5.56 Å². The fourth-order valence-corrected chi connectivity index (χ4v) is 18.4. The second-order valence-electron chi connectivity index (χ2n) is 12.7. The number of nitrogens with zero attached hydrogens (tertiary/aromatic N) is 3. The zero-order valence-corrected chi connectivity index (χ0v) is 29.6. The van der Waals surface area contributed by atoms with Crippen LogP contribution in [0.25, 0.3) is 0 Å². The second-order valence-corrected chi connectivity index (χ2v) is 22.5. The molecule has 1 aromatic carbocycles. The van der Waals surface area contributed by atoms with Gasteiger partial charge in [-0.3, -0.25) is 4.90 Å². The van der Waals surface area contributed by atoms with Gasteiger partial charge in [-0.1, -0.05) is 85.7 Å². The van der Waals surface area contributed by atoms with Crippen LogP contribution in [-0.2, 0) is 24.3 Å². The SMILES string of the molecule is CC(C)[Si]1(C(C)C)OC[C@H]2O[C@@H](N3c4nc(N)nc(OCc5ccccc5)c4NC3Br)CC2O[Si](C(C)C)(C(C)C)O1. The quantitative estimate of drug-likeness (QED) is 0.179. The number of rotatable bonds is 8. The molecule has 232 valence electrons. The van der Waals surface area contributed by atoms with Gasteiger partial charge in [0.2, 0.25) is 11.8 Å². The van der Waals surface area contributed by atoms with Crippen LogP contribution in [0.4, 0.5) is 17.5 Å². The number of ether oxygens (including phenoxy) is 2. The third-order valence-electron chi connectivity index (χ3n) is 8.68. The van der Waals surface area contributed by atoms with Crippen LogP contribution < -0.4 is 20.7 Å². The van der Waals surface area contributed by atoms with Crippen molar-refractivity contribution in [3.63, 3.8) is 0 Å². The summed E-state index contributed by atoms with van der Waals surface area (Å²) < 4.78 is 34.4. The van der Waals surface area contributed by atoms with Crippen molar-refractivity contribution < 1.29 is 22.4 Å². The van der Waals surface area contributed by atoms with Crippen molar-refractivity contribution in [1.82, 2.24) is 9.97 Å². The van der Waals surface area contributed by atoms with E-state index in [1.807, 2.05) is 30.3 Å². The van der Waals surface area contributed by atoms with E-state index in [0.29, 0.717) is 37.0 Å². The average molecular weight is 681 g/mol. The number of nitrogens with one attached hydrogen (secondary N) is 1. The maximum absolute atomic E-state index is 7.34. The predicted molar refractivity (Wildman–Crippen MR) is 173 cm³/mol. The number of anilines is 3. The van der Waals surface area contributed by atoms with Gasteiger partial charge in [0.1, 0.15) is 24.6 Å². The Morgan fingerprint density at radius 3 is 2.24 bits per heavy atom. The Bertz CT molecular complexity index is 1220. The van der Waals surface area contributed by atoms with Gasteiger partial charge in [0.05, 0.1) is 12.7 Å². The summed E-state index contributed by atoms with van der Waals surface area (Å²) in [6, 6.07) is 9.96. The monoisotopic (exact) mass is 679 g/mol.